The van der Waals surface area contributed by atoms with Crippen molar-refractivity contribution >= 4 is 5.91 Å². The summed E-state index contributed by atoms with van der Waals surface area (Å²) in [6.45, 7) is 6.00. The van der Waals surface area contributed by atoms with Gasteiger partial charge in [0.15, 0.2) is 0 Å². The summed E-state index contributed by atoms with van der Waals surface area (Å²) in [5.74, 6) is 0.0514. The molecular formula is C15H22N2O. The maximum atomic E-state index is 12.2. The summed E-state index contributed by atoms with van der Waals surface area (Å²) < 4.78 is 0. The van der Waals surface area contributed by atoms with Crippen LogP contribution in [0.15, 0.2) is 18.2 Å². The maximum absolute atomic E-state index is 12.2. The van der Waals surface area contributed by atoms with Gasteiger partial charge in [-0.3, -0.25) is 4.79 Å². The third-order valence-electron chi connectivity index (χ3n) is 3.37. The van der Waals surface area contributed by atoms with Gasteiger partial charge in [0.25, 0.3) is 5.91 Å². The van der Waals surface area contributed by atoms with Crippen LogP contribution >= 0.6 is 0 Å². The highest BCUT2D eigenvalue weighted by Gasteiger charge is 2.15. The van der Waals surface area contributed by atoms with Crippen LogP contribution in [0.4, 0.5) is 0 Å². The molecule has 1 unspecified atom stereocenters. The standard InChI is InChI=1S/C15H22N2O/c1-11-7-12(2)9-13(8-11)15(18)17-14-5-3-4-6-16-10-14/h7-9,14,16H,3-6,10H2,1-2H3,(H,17,18). The quantitative estimate of drug-likeness (QED) is 0.839. The Labute approximate surface area is 109 Å². The van der Waals surface area contributed by atoms with Gasteiger partial charge >= 0.3 is 0 Å². The summed E-state index contributed by atoms with van der Waals surface area (Å²) in [5, 5.41) is 6.49. The van der Waals surface area contributed by atoms with Crippen LogP contribution in [0.1, 0.15) is 40.7 Å². The van der Waals surface area contributed by atoms with E-state index in [0.29, 0.717) is 0 Å². The fraction of sp³-hybridized carbons (Fsp3) is 0.533. The minimum atomic E-state index is 0.0514. The number of hydrogen-bond donors (Lipinski definition) is 2. The zero-order chi connectivity index (χ0) is 13.0. The van der Waals surface area contributed by atoms with Gasteiger partial charge in [0.2, 0.25) is 0 Å². The van der Waals surface area contributed by atoms with E-state index >= 15 is 0 Å². The zero-order valence-electron chi connectivity index (χ0n) is 11.3. The minimum Gasteiger partial charge on any atom is -0.348 e. The number of amides is 1. The zero-order valence-corrected chi connectivity index (χ0v) is 11.3. The van der Waals surface area contributed by atoms with E-state index < -0.39 is 0 Å². The molecule has 0 saturated carbocycles. The van der Waals surface area contributed by atoms with Crippen molar-refractivity contribution in [2.75, 3.05) is 13.1 Å². The molecule has 1 heterocycles. The highest BCUT2D eigenvalue weighted by atomic mass is 16.1. The molecular weight excluding hydrogens is 224 g/mol. The molecule has 2 N–H and O–H groups in total. The molecule has 0 radical (unpaired) electrons. The Morgan fingerprint density at radius 1 is 1.22 bits per heavy atom. The van der Waals surface area contributed by atoms with E-state index in [1.54, 1.807) is 0 Å². The van der Waals surface area contributed by atoms with E-state index in [9.17, 15) is 4.79 Å². The molecule has 18 heavy (non-hydrogen) atoms. The molecule has 2 rings (SSSR count). The molecule has 1 fully saturated rings. The van der Waals surface area contributed by atoms with Crippen molar-refractivity contribution in [1.29, 1.82) is 0 Å². The third-order valence-corrected chi connectivity index (χ3v) is 3.37. The van der Waals surface area contributed by atoms with Crippen molar-refractivity contribution in [1.82, 2.24) is 10.6 Å². The molecule has 0 aromatic heterocycles. The molecule has 0 aliphatic carbocycles. The molecule has 0 bridgehead atoms. The predicted octanol–water partition coefficient (Wildman–Crippen LogP) is 2.18. The highest BCUT2D eigenvalue weighted by Crippen LogP contribution is 2.10. The normalized spacial score (nSPS) is 20.2. The van der Waals surface area contributed by atoms with Gasteiger partial charge in [-0.1, -0.05) is 23.6 Å². The molecule has 3 nitrogen and oxygen atoms in total. The highest BCUT2D eigenvalue weighted by molar-refractivity contribution is 5.94. The number of aryl methyl sites for hydroxylation is 2. The maximum Gasteiger partial charge on any atom is 0.251 e. The van der Waals surface area contributed by atoms with E-state index in [-0.39, 0.29) is 11.9 Å². The largest absolute Gasteiger partial charge is 0.348 e. The van der Waals surface area contributed by atoms with Crippen molar-refractivity contribution in [3.8, 4) is 0 Å². The van der Waals surface area contributed by atoms with Crippen molar-refractivity contribution in [2.24, 2.45) is 0 Å². The number of benzene rings is 1. The van der Waals surface area contributed by atoms with Crippen LogP contribution in [0.3, 0.4) is 0 Å². The Morgan fingerprint density at radius 3 is 2.67 bits per heavy atom. The topological polar surface area (TPSA) is 41.1 Å². The Kier molecular flexibility index (Phi) is 4.37. The van der Waals surface area contributed by atoms with Crippen molar-refractivity contribution in [2.45, 2.75) is 39.2 Å². The first kappa shape index (κ1) is 13.1. The number of carbonyl (C=O) groups excluding carboxylic acids is 1. The predicted molar refractivity (Wildman–Crippen MR) is 73.9 cm³/mol. The van der Waals surface area contributed by atoms with E-state index in [1.807, 2.05) is 26.0 Å². The van der Waals surface area contributed by atoms with Gasteiger partial charge in [-0.2, -0.15) is 0 Å². The second-order valence-electron chi connectivity index (χ2n) is 5.25. The fourth-order valence-corrected chi connectivity index (χ4v) is 2.52. The lowest BCUT2D eigenvalue weighted by Gasteiger charge is -2.16. The molecule has 1 saturated heterocycles. The van der Waals surface area contributed by atoms with Crippen LogP contribution in [0.2, 0.25) is 0 Å². The molecule has 0 spiro atoms. The first-order valence-electron chi connectivity index (χ1n) is 6.75. The smallest absolute Gasteiger partial charge is 0.251 e. The summed E-state index contributed by atoms with van der Waals surface area (Å²) >= 11 is 0. The van der Waals surface area contributed by atoms with Crippen LogP contribution < -0.4 is 10.6 Å². The molecule has 98 valence electrons. The van der Waals surface area contributed by atoms with Crippen LogP contribution in [0.25, 0.3) is 0 Å². The lowest BCUT2D eigenvalue weighted by Crippen LogP contribution is -2.40. The lowest BCUT2D eigenvalue weighted by atomic mass is 10.1. The summed E-state index contributed by atoms with van der Waals surface area (Å²) in [5.41, 5.74) is 3.05. The summed E-state index contributed by atoms with van der Waals surface area (Å²) in [6.07, 6.45) is 3.46. The first-order valence-corrected chi connectivity index (χ1v) is 6.75. The Balaban J connectivity index is 2.01. The van der Waals surface area contributed by atoms with Crippen molar-refractivity contribution in [3.63, 3.8) is 0 Å². The fourth-order valence-electron chi connectivity index (χ4n) is 2.52. The van der Waals surface area contributed by atoms with E-state index in [0.717, 1.165) is 36.2 Å². The van der Waals surface area contributed by atoms with Gasteiger partial charge < -0.3 is 10.6 Å². The Hall–Kier alpha value is -1.35. The van der Waals surface area contributed by atoms with Gasteiger partial charge in [0.05, 0.1) is 0 Å². The SMILES string of the molecule is Cc1cc(C)cc(C(=O)NC2CCCCNC2)c1. The van der Waals surface area contributed by atoms with Crippen LogP contribution in [-0.4, -0.2) is 25.0 Å². The lowest BCUT2D eigenvalue weighted by molar-refractivity contribution is 0.0935. The van der Waals surface area contributed by atoms with Crippen LogP contribution in [-0.2, 0) is 0 Å². The average Bonchev–Trinajstić information content (AvgIpc) is 2.56. The molecule has 1 amide bonds. The van der Waals surface area contributed by atoms with E-state index in [2.05, 4.69) is 16.7 Å². The van der Waals surface area contributed by atoms with E-state index in [4.69, 9.17) is 0 Å². The van der Waals surface area contributed by atoms with E-state index in [1.165, 1.54) is 12.8 Å². The summed E-state index contributed by atoms with van der Waals surface area (Å²) in [7, 11) is 0. The van der Waals surface area contributed by atoms with Gasteiger partial charge in [-0.25, -0.2) is 0 Å². The molecule has 1 aromatic carbocycles. The minimum absolute atomic E-state index is 0.0514. The van der Waals surface area contributed by atoms with Gasteiger partial charge in [-0.15, -0.1) is 0 Å². The van der Waals surface area contributed by atoms with Crippen LogP contribution in [0, 0.1) is 13.8 Å². The number of carbonyl (C=O) groups is 1. The summed E-state index contributed by atoms with van der Waals surface area (Å²) in [4.78, 5) is 12.2. The molecule has 1 aliphatic heterocycles. The first-order chi connectivity index (χ1) is 8.65. The number of hydrogen-bond acceptors (Lipinski definition) is 2. The average molecular weight is 246 g/mol. The monoisotopic (exact) mass is 246 g/mol. The van der Waals surface area contributed by atoms with Crippen LogP contribution in [0.5, 0.6) is 0 Å². The molecule has 1 aromatic rings. The number of nitrogens with one attached hydrogen (secondary N) is 2. The Morgan fingerprint density at radius 2 is 1.94 bits per heavy atom. The second kappa shape index (κ2) is 6.01. The van der Waals surface area contributed by atoms with Gasteiger partial charge in [0, 0.05) is 18.2 Å². The Bertz CT molecular complexity index is 400. The molecule has 3 heteroatoms. The van der Waals surface area contributed by atoms with Crippen molar-refractivity contribution < 1.29 is 4.79 Å². The summed E-state index contributed by atoms with van der Waals surface area (Å²) in [6, 6.07) is 6.25. The van der Waals surface area contributed by atoms with Gasteiger partial charge in [0.1, 0.15) is 0 Å². The molecule has 1 atom stereocenters. The van der Waals surface area contributed by atoms with Crippen molar-refractivity contribution in [3.05, 3.63) is 34.9 Å². The van der Waals surface area contributed by atoms with Gasteiger partial charge in [-0.05, 0) is 45.4 Å². The number of rotatable bonds is 2. The third kappa shape index (κ3) is 3.57. The molecule has 1 aliphatic rings. The second-order valence-corrected chi connectivity index (χ2v) is 5.25.